The van der Waals surface area contributed by atoms with E-state index in [2.05, 4.69) is 5.32 Å². The third-order valence-corrected chi connectivity index (χ3v) is 3.88. The highest BCUT2D eigenvalue weighted by Crippen LogP contribution is 2.38. The minimum atomic E-state index is -0.170. The fraction of sp³-hybridized carbons (Fsp3) is 0.263. The lowest BCUT2D eigenvalue weighted by atomic mass is 10.1. The Morgan fingerprint density at radius 2 is 1.93 bits per heavy atom. The Morgan fingerprint density at radius 1 is 1.19 bits per heavy atom. The van der Waals surface area contributed by atoms with Crippen LogP contribution >= 0.6 is 12.4 Å². The summed E-state index contributed by atoms with van der Waals surface area (Å²) in [6.07, 6.45) is 0.806. The van der Waals surface area contributed by atoms with Crippen molar-refractivity contribution in [2.24, 2.45) is 0 Å². The van der Waals surface area contributed by atoms with Gasteiger partial charge in [0.1, 0.15) is 5.75 Å². The quantitative estimate of drug-likeness (QED) is 0.425. The lowest BCUT2D eigenvalue weighted by Gasteiger charge is -2.10. The predicted molar refractivity (Wildman–Crippen MR) is 104 cm³/mol. The molecule has 0 saturated heterocycles. The zero-order valence-electron chi connectivity index (χ0n) is 14.8. The number of carbonyl (C=O) groups is 2. The maximum Gasteiger partial charge on any atom is 0.231 e. The van der Waals surface area contributed by atoms with E-state index in [4.69, 9.17) is 19.9 Å². The summed E-state index contributed by atoms with van der Waals surface area (Å²) in [5.74, 6) is 1.55. The molecule has 1 heterocycles. The second-order valence-electron chi connectivity index (χ2n) is 5.88. The van der Waals surface area contributed by atoms with Crippen molar-refractivity contribution in [2.45, 2.75) is 19.8 Å². The van der Waals surface area contributed by atoms with Crippen molar-refractivity contribution < 1.29 is 23.8 Å². The van der Waals surface area contributed by atoms with Crippen molar-refractivity contribution >= 4 is 35.5 Å². The number of Topliss-reactive ketones (excluding diaryl/α,β-unsaturated/α-hetero) is 1. The number of halogens is 1. The molecule has 3 rings (SSSR count). The van der Waals surface area contributed by atoms with Crippen LogP contribution < -0.4 is 25.3 Å². The smallest absolute Gasteiger partial charge is 0.231 e. The van der Waals surface area contributed by atoms with E-state index in [1.165, 1.54) is 6.92 Å². The molecule has 7 nitrogen and oxygen atoms in total. The lowest BCUT2D eigenvalue weighted by molar-refractivity contribution is -0.116. The summed E-state index contributed by atoms with van der Waals surface area (Å²) in [6.45, 7) is 2.02. The van der Waals surface area contributed by atoms with Crippen LogP contribution in [0.2, 0.25) is 0 Å². The second-order valence-corrected chi connectivity index (χ2v) is 5.88. The van der Waals surface area contributed by atoms with Gasteiger partial charge in [0.2, 0.25) is 12.7 Å². The fourth-order valence-electron chi connectivity index (χ4n) is 2.51. The number of hydrogen-bond acceptors (Lipinski definition) is 6. The van der Waals surface area contributed by atoms with Gasteiger partial charge in [0.15, 0.2) is 17.3 Å². The number of ketones is 1. The van der Waals surface area contributed by atoms with Crippen LogP contribution in [0.4, 0.5) is 11.4 Å². The number of anilines is 2. The summed E-state index contributed by atoms with van der Waals surface area (Å²) in [7, 11) is 0. The average Bonchev–Trinajstić information content (AvgIpc) is 3.06. The first-order valence-corrected chi connectivity index (χ1v) is 8.25. The molecule has 0 spiro atoms. The van der Waals surface area contributed by atoms with E-state index < -0.39 is 0 Å². The topological polar surface area (TPSA) is 99.9 Å². The Kier molecular flexibility index (Phi) is 6.90. The first kappa shape index (κ1) is 20.4. The van der Waals surface area contributed by atoms with Crippen LogP contribution in [0.5, 0.6) is 17.2 Å². The minimum Gasteiger partial charge on any atom is -0.494 e. The van der Waals surface area contributed by atoms with Gasteiger partial charge in [-0.3, -0.25) is 9.59 Å². The molecule has 1 aliphatic rings. The van der Waals surface area contributed by atoms with Crippen LogP contribution in [0.1, 0.15) is 30.1 Å². The molecule has 0 atom stereocenters. The average molecular weight is 393 g/mol. The molecule has 144 valence electrons. The van der Waals surface area contributed by atoms with E-state index in [1.807, 2.05) is 0 Å². The number of hydrogen-bond donors (Lipinski definition) is 2. The Bertz CT molecular complexity index is 841. The van der Waals surface area contributed by atoms with Crippen LogP contribution in [0, 0.1) is 0 Å². The highest BCUT2D eigenvalue weighted by molar-refractivity contribution is 5.95. The molecule has 0 aliphatic carbocycles. The maximum absolute atomic E-state index is 12.1. The number of benzene rings is 2. The van der Waals surface area contributed by atoms with E-state index in [0.29, 0.717) is 47.2 Å². The molecule has 1 amide bonds. The summed E-state index contributed by atoms with van der Waals surface area (Å²) in [5, 5.41) is 2.76. The summed E-state index contributed by atoms with van der Waals surface area (Å²) < 4.78 is 16.1. The number of fused-ring (bicyclic) bond motifs is 1. The molecule has 8 heteroatoms. The monoisotopic (exact) mass is 392 g/mol. The van der Waals surface area contributed by atoms with Crippen LogP contribution in [0.25, 0.3) is 0 Å². The van der Waals surface area contributed by atoms with Crippen molar-refractivity contribution in [3.05, 3.63) is 42.0 Å². The summed E-state index contributed by atoms with van der Waals surface area (Å²) >= 11 is 0. The van der Waals surface area contributed by atoms with E-state index in [-0.39, 0.29) is 37.3 Å². The van der Waals surface area contributed by atoms with Crippen LogP contribution in [0.15, 0.2) is 36.4 Å². The highest BCUT2D eigenvalue weighted by Gasteiger charge is 2.17. The van der Waals surface area contributed by atoms with Crippen molar-refractivity contribution in [2.75, 3.05) is 24.5 Å². The van der Waals surface area contributed by atoms with Gasteiger partial charge < -0.3 is 25.3 Å². The van der Waals surface area contributed by atoms with Crippen molar-refractivity contribution in [3.63, 3.8) is 0 Å². The molecule has 0 fully saturated rings. The Hall–Kier alpha value is -2.93. The van der Waals surface area contributed by atoms with Gasteiger partial charge in [-0.15, -0.1) is 12.4 Å². The molecule has 3 N–H and O–H groups in total. The molecule has 1 aliphatic heterocycles. The standard InChI is InChI=1S/C19H20N2O5.ClH/c1-12(22)13-4-2-5-14(8-13)24-7-3-6-19(23)21-16-10-18-17(9-15(16)20)25-11-26-18;/h2,4-5,8-10H,3,6-7,11,20H2,1H3,(H,21,23);1H. The van der Waals surface area contributed by atoms with E-state index >= 15 is 0 Å². The maximum atomic E-state index is 12.1. The number of amides is 1. The third-order valence-electron chi connectivity index (χ3n) is 3.88. The second kappa shape index (κ2) is 9.14. The molecular formula is C19H21ClN2O5. The van der Waals surface area contributed by atoms with E-state index in [9.17, 15) is 9.59 Å². The molecule has 0 aromatic heterocycles. The van der Waals surface area contributed by atoms with Gasteiger partial charge in [0.25, 0.3) is 0 Å². The van der Waals surface area contributed by atoms with Gasteiger partial charge in [0.05, 0.1) is 18.0 Å². The number of carbonyl (C=O) groups excluding carboxylic acids is 2. The van der Waals surface area contributed by atoms with Crippen molar-refractivity contribution in [1.29, 1.82) is 0 Å². The van der Waals surface area contributed by atoms with Gasteiger partial charge in [-0.2, -0.15) is 0 Å². The van der Waals surface area contributed by atoms with Crippen molar-refractivity contribution in [1.82, 2.24) is 0 Å². The summed E-state index contributed by atoms with van der Waals surface area (Å²) in [6, 6.07) is 10.2. The first-order valence-electron chi connectivity index (χ1n) is 8.25. The van der Waals surface area contributed by atoms with Crippen LogP contribution in [-0.2, 0) is 4.79 Å². The Balaban J connectivity index is 0.00000261. The number of ether oxygens (including phenoxy) is 3. The molecule has 0 radical (unpaired) electrons. The van der Waals surface area contributed by atoms with Gasteiger partial charge in [0, 0.05) is 24.1 Å². The zero-order chi connectivity index (χ0) is 18.5. The van der Waals surface area contributed by atoms with Crippen molar-refractivity contribution in [3.8, 4) is 17.2 Å². The highest BCUT2D eigenvalue weighted by atomic mass is 35.5. The molecule has 0 bridgehead atoms. The van der Waals surface area contributed by atoms with Gasteiger partial charge in [-0.05, 0) is 25.5 Å². The number of rotatable bonds is 7. The predicted octanol–water partition coefficient (Wildman–Crippen LogP) is 3.42. The zero-order valence-corrected chi connectivity index (χ0v) is 15.6. The van der Waals surface area contributed by atoms with E-state index in [0.717, 1.165) is 0 Å². The number of nitrogens with one attached hydrogen (secondary N) is 1. The normalized spacial score (nSPS) is 11.4. The lowest BCUT2D eigenvalue weighted by Crippen LogP contribution is -2.14. The third kappa shape index (κ3) is 5.27. The molecular weight excluding hydrogens is 372 g/mol. The summed E-state index contributed by atoms with van der Waals surface area (Å²) in [5.41, 5.74) is 7.42. The molecule has 27 heavy (non-hydrogen) atoms. The molecule has 0 unspecified atom stereocenters. The Morgan fingerprint density at radius 3 is 2.67 bits per heavy atom. The molecule has 0 saturated carbocycles. The van der Waals surface area contributed by atoms with E-state index in [1.54, 1.807) is 36.4 Å². The van der Waals surface area contributed by atoms with Gasteiger partial charge in [-0.25, -0.2) is 0 Å². The first-order chi connectivity index (χ1) is 12.5. The van der Waals surface area contributed by atoms with Gasteiger partial charge in [-0.1, -0.05) is 12.1 Å². The summed E-state index contributed by atoms with van der Waals surface area (Å²) in [4.78, 5) is 23.4. The molecule has 2 aromatic rings. The van der Waals surface area contributed by atoms with Crippen LogP contribution in [0.3, 0.4) is 0 Å². The fourth-order valence-corrected chi connectivity index (χ4v) is 2.51. The molecule has 2 aromatic carbocycles. The van der Waals surface area contributed by atoms with Crippen LogP contribution in [-0.4, -0.2) is 25.1 Å². The largest absolute Gasteiger partial charge is 0.494 e. The Labute approximate surface area is 163 Å². The number of nitrogens with two attached hydrogens (primary N) is 1. The number of nitrogen functional groups attached to an aromatic ring is 1. The van der Waals surface area contributed by atoms with Gasteiger partial charge >= 0.3 is 0 Å². The SMILES string of the molecule is CC(=O)c1cccc(OCCCC(=O)Nc2cc3c(cc2N)OCO3)c1.Cl. The minimum absolute atomic E-state index is 0.